The van der Waals surface area contributed by atoms with Crippen LogP contribution in [0.1, 0.15) is 43.2 Å². The summed E-state index contributed by atoms with van der Waals surface area (Å²) in [7, 11) is 0. The Morgan fingerprint density at radius 3 is 2.85 bits per heavy atom. The molecule has 0 amide bonds. The van der Waals surface area contributed by atoms with Crippen LogP contribution < -0.4 is 5.73 Å². The molecule has 6 rings (SSSR count). The van der Waals surface area contributed by atoms with Gasteiger partial charge < -0.3 is 20.5 Å². The van der Waals surface area contributed by atoms with E-state index < -0.39 is 12.2 Å². The molecule has 3 heterocycles. The van der Waals surface area contributed by atoms with E-state index in [1.54, 1.807) is 0 Å². The van der Waals surface area contributed by atoms with E-state index in [4.69, 9.17) is 17.3 Å². The van der Waals surface area contributed by atoms with E-state index in [9.17, 15) is 10.2 Å². The number of aliphatic hydroxyl groups excluding tert-OH is 2. The molecule has 1 spiro atoms. The van der Waals surface area contributed by atoms with E-state index in [2.05, 4.69) is 49.1 Å². The van der Waals surface area contributed by atoms with E-state index in [1.165, 1.54) is 11.9 Å². The van der Waals surface area contributed by atoms with Crippen LogP contribution in [0.5, 0.6) is 0 Å². The molecule has 0 bridgehead atoms. The van der Waals surface area contributed by atoms with Crippen LogP contribution in [0.15, 0.2) is 47.3 Å². The minimum atomic E-state index is -0.870. The Morgan fingerprint density at radius 1 is 1.15 bits per heavy atom. The van der Waals surface area contributed by atoms with Crippen LogP contribution in [0.2, 0.25) is 5.15 Å². The molecule has 2 saturated carbocycles. The Balaban J connectivity index is 1.30. The minimum Gasteiger partial charge on any atom is -0.390 e. The number of hydrogen-bond donors (Lipinski definition) is 3. The average Bonchev–Trinajstić information content (AvgIpc) is 3.48. The van der Waals surface area contributed by atoms with E-state index in [0.29, 0.717) is 29.0 Å². The number of nitrogens with two attached hydrogens (primary N) is 1. The fourth-order valence-electron chi connectivity index (χ4n) is 6.04. The number of benzene rings is 1. The summed E-state index contributed by atoms with van der Waals surface area (Å²) in [6, 6.07) is 9.90. The van der Waals surface area contributed by atoms with Gasteiger partial charge >= 0.3 is 0 Å². The molecule has 4 aromatic rings. The first-order valence-electron chi connectivity index (χ1n) is 11.1. The fraction of sp³-hybridized carbons (Fsp3) is 0.375. The van der Waals surface area contributed by atoms with Gasteiger partial charge in [-0.2, -0.15) is 0 Å². The van der Waals surface area contributed by atoms with Crippen molar-refractivity contribution in [3.05, 3.63) is 58.0 Å². The van der Waals surface area contributed by atoms with Gasteiger partial charge in [-0.25, -0.2) is 15.0 Å². The van der Waals surface area contributed by atoms with Gasteiger partial charge in [0.1, 0.15) is 29.0 Å². The summed E-state index contributed by atoms with van der Waals surface area (Å²) in [6.07, 6.45) is 4.96. The largest absolute Gasteiger partial charge is 0.390 e. The lowest BCUT2D eigenvalue weighted by atomic mass is 9.80. The number of nitrogens with zero attached hydrogens (tertiary/aromatic N) is 4. The number of aromatic nitrogens is 4. The van der Waals surface area contributed by atoms with Gasteiger partial charge in [-0.15, -0.1) is 0 Å². The van der Waals surface area contributed by atoms with Crippen LogP contribution in [0.3, 0.4) is 0 Å². The van der Waals surface area contributed by atoms with Gasteiger partial charge in [-0.3, -0.25) is 0 Å². The highest BCUT2D eigenvalue weighted by atomic mass is 79.9. The van der Waals surface area contributed by atoms with Crippen LogP contribution >= 0.6 is 27.5 Å². The molecular weight excluding hydrogens is 506 g/mol. The molecule has 5 unspecified atom stereocenters. The first kappa shape index (κ1) is 21.3. The van der Waals surface area contributed by atoms with Crippen molar-refractivity contribution in [2.24, 2.45) is 5.41 Å². The third kappa shape index (κ3) is 3.26. The topological polar surface area (TPSA) is 110 Å². The monoisotopic (exact) mass is 527 g/mol. The van der Waals surface area contributed by atoms with Gasteiger partial charge in [0, 0.05) is 17.0 Å². The lowest BCUT2D eigenvalue weighted by Crippen LogP contribution is -2.35. The maximum atomic E-state index is 11.2. The number of pyridine rings is 1. The lowest BCUT2D eigenvalue weighted by Gasteiger charge is -2.28. The third-order valence-electron chi connectivity index (χ3n) is 7.73. The van der Waals surface area contributed by atoms with Gasteiger partial charge in [0.05, 0.1) is 27.5 Å². The van der Waals surface area contributed by atoms with Crippen molar-refractivity contribution in [2.45, 2.75) is 49.9 Å². The summed E-state index contributed by atoms with van der Waals surface area (Å²) in [5.41, 5.74) is 8.40. The maximum absolute atomic E-state index is 11.2. The maximum Gasteiger partial charge on any atom is 0.145 e. The van der Waals surface area contributed by atoms with Crippen LogP contribution in [-0.4, -0.2) is 41.9 Å². The molecular formula is C24H23BrClN5O2. The number of fused-ring (bicyclic) bond motifs is 2. The van der Waals surface area contributed by atoms with Gasteiger partial charge in [0.15, 0.2) is 0 Å². The van der Waals surface area contributed by atoms with E-state index >= 15 is 0 Å². The summed E-state index contributed by atoms with van der Waals surface area (Å²) in [5.74, 6) is 0.707. The molecule has 9 heteroatoms. The summed E-state index contributed by atoms with van der Waals surface area (Å²) in [4.78, 5) is 12.9. The molecule has 4 N–H and O–H groups in total. The van der Waals surface area contributed by atoms with Crippen molar-refractivity contribution >= 4 is 55.3 Å². The zero-order valence-corrected chi connectivity index (χ0v) is 20.0. The zero-order chi connectivity index (χ0) is 22.9. The number of aliphatic hydroxyl groups is 2. The molecule has 5 atom stereocenters. The van der Waals surface area contributed by atoms with Gasteiger partial charge in [0.25, 0.3) is 0 Å². The Labute approximate surface area is 203 Å². The molecule has 0 aliphatic heterocycles. The average molecular weight is 529 g/mol. The second-order valence-electron chi connectivity index (χ2n) is 9.44. The molecule has 170 valence electrons. The van der Waals surface area contributed by atoms with Crippen molar-refractivity contribution in [3.8, 4) is 0 Å². The normalized spacial score (nSPS) is 29.6. The summed E-state index contributed by atoms with van der Waals surface area (Å²) in [6.45, 7) is 0. The first-order chi connectivity index (χ1) is 15.9. The van der Waals surface area contributed by atoms with Gasteiger partial charge in [-0.1, -0.05) is 23.7 Å². The Bertz CT molecular complexity index is 1390. The molecule has 2 aliphatic carbocycles. The lowest BCUT2D eigenvalue weighted by molar-refractivity contribution is -0.0260. The number of hydrogen-bond acceptors (Lipinski definition) is 6. The Hall–Kier alpha value is -2.26. The zero-order valence-electron chi connectivity index (χ0n) is 17.7. The molecule has 7 nitrogen and oxygen atoms in total. The highest BCUT2D eigenvalue weighted by Gasteiger charge is 2.56. The van der Waals surface area contributed by atoms with Crippen molar-refractivity contribution < 1.29 is 10.2 Å². The van der Waals surface area contributed by atoms with E-state index in [1.807, 2.05) is 22.9 Å². The van der Waals surface area contributed by atoms with Crippen LogP contribution in [-0.2, 0) is 0 Å². The highest BCUT2D eigenvalue weighted by Crippen LogP contribution is 2.58. The Morgan fingerprint density at radius 2 is 2.00 bits per heavy atom. The molecule has 0 radical (unpaired) electrons. The number of halogens is 2. The number of rotatable bonds is 2. The smallest absolute Gasteiger partial charge is 0.145 e. The van der Waals surface area contributed by atoms with Crippen molar-refractivity contribution in [2.75, 3.05) is 5.73 Å². The second kappa shape index (κ2) is 7.63. The number of anilines is 1. The molecule has 2 fully saturated rings. The minimum absolute atomic E-state index is 0.264. The second-order valence-corrected chi connectivity index (χ2v) is 10.7. The summed E-state index contributed by atoms with van der Waals surface area (Å²) >= 11 is 9.64. The predicted octanol–water partition coefficient (Wildman–Crippen LogP) is 4.60. The summed E-state index contributed by atoms with van der Waals surface area (Å²) < 4.78 is 2.73. The van der Waals surface area contributed by atoms with Crippen LogP contribution in [0.25, 0.3) is 21.9 Å². The first-order valence-corrected chi connectivity index (χ1v) is 12.2. The Kier molecular flexibility index (Phi) is 4.92. The summed E-state index contributed by atoms with van der Waals surface area (Å²) in [5, 5.41) is 24.5. The van der Waals surface area contributed by atoms with Crippen molar-refractivity contribution in [1.29, 1.82) is 0 Å². The van der Waals surface area contributed by atoms with Crippen molar-refractivity contribution in [1.82, 2.24) is 19.5 Å². The quantitative estimate of drug-likeness (QED) is 0.328. The molecule has 33 heavy (non-hydrogen) atoms. The van der Waals surface area contributed by atoms with Gasteiger partial charge in [-0.05, 0) is 71.3 Å². The number of nitrogen functional groups attached to an aromatic ring is 1. The molecule has 0 saturated heterocycles. The van der Waals surface area contributed by atoms with E-state index in [-0.39, 0.29) is 11.5 Å². The third-order valence-corrected chi connectivity index (χ3v) is 8.85. The van der Waals surface area contributed by atoms with Crippen molar-refractivity contribution in [3.63, 3.8) is 0 Å². The van der Waals surface area contributed by atoms with Crippen LogP contribution in [0, 0.1) is 5.41 Å². The van der Waals surface area contributed by atoms with E-state index in [0.717, 1.165) is 40.0 Å². The highest BCUT2D eigenvalue weighted by molar-refractivity contribution is 9.10. The molecule has 3 aromatic heterocycles. The standard InChI is InChI=1S/C24H23BrClN5O2/c25-16-7-13-2-1-12(8-17(13)30-21(16)26)14-3-5-24(9-14)10-18(19(32)20(24)33)31-6-4-15-22(27)28-11-29-23(15)31/h1-2,4,6-8,11,14,18-20,32-33H,3,5,9-10H2,(H2,27,28,29). The molecule has 1 aromatic carbocycles. The SMILES string of the molecule is Nc1ncnc2c1ccn2C1CC2(CCC(c3ccc4cc(Br)c(Cl)nc4c3)C2)C(O)C1O. The van der Waals surface area contributed by atoms with Gasteiger partial charge in [0.2, 0.25) is 0 Å². The molecule has 2 aliphatic rings. The predicted molar refractivity (Wildman–Crippen MR) is 131 cm³/mol. The van der Waals surface area contributed by atoms with Crippen LogP contribution in [0.4, 0.5) is 5.82 Å². The fourth-order valence-corrected chi connectivity index (χ4v) is 6.52.